The molecular weight excluding hydrogens is 312 g/mol. The van der Waals surface area contributed by atoms with Crippen LogP contribution in [0, 0.1) is 0 Å². The average molecular weight is 345 g/mol. The summed E-state index contributed by atoms with van der Waals surface area (Å²) in [5.74, 6) is 0.126. The Balaban J connectivity index is 1.95. The summed E-state index contributed by atoms with van der Waals surface area (Å²) in [6, 6.07) is 0.437. The minimum atomic E-state index is -3.25. The smallest absolute Gasteiger partial charge is 0.224 e. The quantitative estimate of drug-likeness (QED) is 0.744. The van der Waals surface area contributed by atoms with E-state index < -0.39 is 10.0 Å². The van der Waals surface area contributed by atoms with Gasteiger partial charge in [0.15, 0.2) is 0 Å². The number of amides is 1. The third kappa shape index (κ3) is 5.18. The minimum absolute atomic E-state index is 0.0925. The number of nitrogens with zero attached hydrogens (tertiary/aromatic N) is 2. The van der Waals surface area contributed by atoms with Crippen molar-refractivity contribution in [3.05, 3.63) is 0 Å². The van der Waals surface area contributed by atoms with E-state index in [-0.39, 0.29) is 11.9 Å². The Bertz CT molecular complexity index is 486. The molecule has 1 unspecified atom stereocenters. The molecule has 1 amide bonds. The molecule has 23 heavy (non-hydrogen) atoms. The van der Waals surface area contributed by atoms with Crippen LogP contribution in [0.1, 0.15) is 71.1 Å². The maximum atomic E-state index is 12.6. The van der Waals surface area contributed by atoms with Crippen molar-refractivity contribution < 1.29 is 13.2 Å². The van der Waals surface area contributed by atoms with E-state index in [0.717, 1.165) is 51.5 Å². The van der Waals surface area contributed by atoms with Crippen molar-refractivity contribution in [2.75, 3.05) is 19.3 Å². The van der Waals surface area contributed by atoms with Crippen LogP contribution in [0.2, 0.25) is 0 Å². The van der Waals surface area contributed by atoms with Gasteiger partial charge in [0.2, 0.25) is 15.9 Å². The van der Waals surface area contributed by atoms with Crippen molar-refractivity contribution in [2.24, 2.45) is 0 Å². The van der Waals surface area contributed by atoms with Crippen LogP contribution in [-0.2, 0) is 14.8 Å². The number of carbonyl (C=O) groups is 1. The molecule has 0 bridgehead atoms. The normalized spacial score (nSPS) is 24.1. The van der Waals surface area contributed by atoms with E-state index in [2.05, 4.69) is 6.92 Å². The molecule has 0 radical (unpaired) electrons. The summed E-state index contributed by atoms with van der Waals surface area (Å²) in [4.78, 5) is 14.6. The van der Waals surface area contributed by atoms with Gasteiger partial charge in [0, 0.05) is 31.6 Å². The number of piperidine rings is 1. The van der Waals surface area contributed by atoms with Crippen LogP contribution in [0.25, 0.3) is 0 Å². The highest BCUT2D eigenvalue weighted by Crippen LogP contribution is 2.25. The van der Waals surface area contributed by atoms with Gasteiger partial charge in [-0.15, -0.1) is 0 Å². The first-order valence-corrected chi connectivity index (χ1v) is 11.0. The second-order valence-corrected chi connectivity index (χ2v) is 9.00. The van der Waals surface area contributed by atoms with Crippen LogP contribution in [0.15, 0.2) is 0 Å². The van der Waals surface area contributed by atoms with Gasteiger partial charge in [-0.05, 0) is 38.5 Å². The third-order valence-corrected chi connectivity index (χ3v) is 6.71. The molecule has 1 saturated heterocycles. The molecule has 1 atom stereocenters. The third-order valence-electron chi connectivity index (χ3n) is 5.37. The molecule has 0 aromatic heterocycles. The molecule has 5 nitrogen and oxygen atoms in total. The Labute approximate surface area is 141 Å². The average Bonchev–Trinajstić information content (AvgIpc) is 2.54. The van der Waals surface area contributed by atoms with Gasteiger partial charge in [0.25, 0.3) is 0 Å². The number of carbonyl (C=O) groups excluding carboxylic acids is 1. The first kappa shape index (κ1) is 18.7. The number of sulfonamides is 1. The van der Waals surface area contributed by atoms with Crippen LogP contribution in [0.3, 0.4) is 0 Å². The molecule has 6 heteroatoms. The molecule has 1 aliphatic heterocycles. The zero-order valence-electron chi connectivity index (χ0n) is 14.7. The fourth-order valence-corrected chi connectivity index (χ4v) is 5.27. The Morgan fingerprint density at radius 2 is 1.74 bits per heavy atom. The summed E-state index contributed by atoms with van der Waals surface area (Å²) >= 11 is 0. The molecule has 2 rings (SSSR count). The van der Waals surface area contributed by atoms with E-state index in [1.807, 2.05) is 4.90 Å². The van der Waals surface area contributed by atoms with E-state index in [0.29, 0.717) is 19.0 Å². The second kappa shape index (κ2) is 8.47. The fraction of sp³-hybridized carbons (Fsp3) is 0.941. The van der Waals surface area contributed by atoms with Crippen molar-refractivity contribution in [1.29, 1.82) is 0 Å². The van der Waals surface area contributed by atoms with Crippen LogP contribution in [0.5, 0.6) is 0 Å². The minimum Gasteiger partial charge on any atom is -0.340 e. The van der Waals surface area contributed by atoms with Crippen molar-refractivity contribution >= 4 is 15.9 Å². The number of hydrogen-bond donors (Lipinski definition) is 0. The molecule has 0 spiro atoms. The second-order valence-electron chi connectivity index (χ2n) is 7.06. The summed E-state index contributed by atoms with van der Waals surface area (Å²) in [7, 11) is -3.25. The molecule has 0 aromatic carbocycles. The summed E-state index contributed by atoms with van der Waals surface area (Å²) in [5, 5.41) is 0. The van der Waals surface area contributed by atoms with Gasteiger partial charge in [0.05, 0.1) is 6.26 Å². The maximum Gasteiger partial charge on any atom is 0.224 e. The molecule has 0 N–H and O–H groups in total. The predicted octanol–water partition coefficient (Wildman–Crippen LogP) is 2.76. The molecule has 1 saturated carbocycles. The van der Waals surface area contributed by atoms with Crippen molar-refractivity contribution in [2.45, 2.75) is 83.2 Å². The SMILES string of the molecule is CCC1CCCCN1C(=O)CCN(C1CCCCC1)S(C)(=O)=O. The lowest BCUT2D eigenvalue weighted by Gasteiger charge is -2.37. The monoisotopic (exact) mass is 344 g/mol. The number of hydrogen-bond acceptors (Lipinski definition) is 3. The largest absolute Gasteiger partial charge is 0.340 e. The lowest BCUT2D eigenvalue weighted by molar-refractivity contribution is -0.135. The Morgan fingerprint density at radius 3 is 2.35 bits per heavy atom. The van der Waals surface area contributed by atoms with Gasteiger partial charge in [-0.2, -0.15) is 4.31 Å². The molecular formula is C17H32N2O3S. The van der Waals surface area contributed by atoms with Crippen molar-refractivity contribution in [3.63, 3.8) is 0 Å². The van der Waals surface area contributed by atoms with Gasteiger partial charge in [-0.25, -0.2) is 8.42 Å². The van der Waals surface area contributed by atoms with Crippen molar-refractivity contribution in [3.8, 4) is 0 Å². The Kier molecular flexibility index (Phi) is 6.89. The van der Waals surface area contributed by atoms with Crippen LogP contribution in [0.4, 0.5) is 0 Å². The highest BCUT2D eigenvalue weighted by molar-refractivity contribution is 7.88. The molecule has 1 aliphatic carbocycles. The van der Waals surface area contributed by atoms with Gasteiger partial charge in [0.1, 0.15) is 0 Å². The fourth-order valence-electron chi connectivity index (χ4n) is 4.09. The van der Waals surface area contributed by atoms with Gasteiger partial charge in [-0.1, -0.05) is 26.2 Å². The standard InChI is InChI=1S/C17H32N2O3S/c1-3-15-9-7-8-13-18(15)17(20)12-14-19(23(2,21)22)16-10-5-4-6-11-16/h15-16H,3-14H2,1-2H3. The molecule has 2 fully saturated rings. The van der Waals surface area contributed by atoms with Crippen LogP contribution in [-0.4, -0.2) is 55.0 Å². The van der Waals surface area contributed by atoms with Gasteiger partial charge in [-0.3, -0.25) is 4.79 Å². The highest BCUT2D eigenvalue weighted by atomic mass is 32.2. The van der Waals surface area contributed by atoms with Gasteiger partial charge >= 0.3 is 0 Å². The summed E-state index contributed by atoms with van der Waals surface area (Å²) in [5.41, 5.74) is 0. The lowest BCUT2D eigenvalue weighted by Crippen LogP contribution is -2.46. The Morgan fingerprint density at radius 1 is 1.09 bits per heavy atom. The van der Waals surface area contributed by atoms with Crippen LogP contribution >= 0.6 is 0 Å². The van der Waals surface area contributed by atoms with E-state index >= 15 is 0 Å². The lowest BCUT2D eigenvalue weighted by atomic mass is 9.95. The van der Waals surface area contributed by atoms with E-state index in [9.17, 15) is 13.2 Å². The summed E-state index contributed by atoms with van der Waals surface area (Å²) in [6.45, 7) is 3.30. The summed E-state index contributed by atoms with van der Waals surface area (Å²) < 4.78 is 25.9. The predicted molar refractivity (Wildman–Crippen MR) is 92.7 cm³/mol. The first-order valence-electron chi connectivity index (χ1n) is 9.19. The number of likely N-dealkylation sites (tertiary alicyclic amines) is 1. The Hall–Kier alpha value is -0.620. The van der Waals surface area contributed by atoms with E-state index in [1.54, 1.807) is 4.31 Å². The van der Waals surface area contributed by atoms with Crippen molar-refractivity contribution in [1.82, 2.24) is 9.21 Å². The van der Waals surface area contributed by atoms with E-state index in [4.69, 9.17) is 0 Å². The molecule has 1 heterocycles. The maximum absolute atomic E-state index is 12.6. The zero-order valence-corrected chi connectivity index (χ0v) is 15.5. The van der Waals surface area contributed by atoms with Gasteiger partial charge < -0.3 is 4.90 Å². The number of rotatable bonds is 6. The van der Waals surface area contributed by atoms with E-state index in [1.165, 1.54) is 19.1 Å². The van der Waals surface area contributed by atoms with Crippen LogP contribution < -0.4 is 0 Å². The molecule has 0 aromatic rings. The first-order chi connectivity index (χ1) is 10.9. The topological polar surface area (TPSA) is 57.7 Å². The molecule has 2 aliphatic rings. The zero-order chi connectivity index (χ0) is 16.9. The summed E-state index contributed by atoms with van der Waals surface area (Å²) in [6.07, 6.45) is 11.2. The molecule has 134 valence electrons. The highest BCUT2D eigenvalue weighted by Gasteiger charge is 2.30.